The van der Waals surface area contributed by atoms with Gasteiger partial charge in [0.05, 0.1) is 6.61 Å². The first-order valence-electron chi connectivity index (χ1n) is 6.92. The van der Waals surface area contributed by atoms with Gasteiger partial charge in [0, 0.05) is 19.5 Å². The number of hydrogen-bond donors (Lipinski definition) is 3. The number of anilines is 2. The van der Waals surface area contributed by atoms with Gasteiger partial charge in [-0.05, 0) is 12.8 Å². The molecule has 1 amide bonds. The largest absolute Gasteiger partial charge is 0.476 e. The zero-order valence-electron chi connectivity index (χ0n) is 12.1. The van der Waals surface area contributed by atoms with Crippen LogP contribution in [-0.4, -0.2) is 35.6 Å². The molecule has 112 valence electrons. The molecule has 0 unspecified atom stereocenters. The lowest BCUT2D eigenvalue weighted by Crippen LogP contribution is -2.26. The molecule has 1 rings (SSSR count). The Hall–Kier alpha value is -2.05. The van der Waals surface area contributed by atoms with E-state index in [1.165, 1.54) is 6.33 Å². The van der Waals surface area contributed by atoms with Gasteiger partial charge in [-0.3, -0.25) is 4.79 Å². The van der Waals surface area contributed by atoms with E-state index in [0.717, 1.165) is 12.8 Å². The number of hydrogen-bond acceptors (Lipinski definition) is 6. The van der Waals surface area contributed by atoms with Crippen LogP contribution in [-0.2, 0) is 4.79 Å². The Bertz CT molecular complexity index is 425. The highest BCUT2D eigenvalue weighted by Gasteiger charge is 2.09. The molecule has 1 aromatic rings. The lowest BCUT2D eigenvalue weighted by atomic mass is 10.3. The fourth-order valence-corrected chi connectivity index (χ4v) is 1.48. The second-order valence-electron chi connectivity index (χ2n) is 4.32. The van der Waals surface area contributed by atoms with Crippen molar-refractivity contribution in [3.63, 3.8) is 0 Å². The van der Waals surface area contributed by atoms with Gasteiger partial charge in [0.1, 0.15) is 12.0 Å². The number of amides is 1. The van der Waals surface area contributed by atoms with Crippen LogP contribution >= 0.6 is 0 Å². The molecule has 20 heavy (non-hydrogen) atoms. The van der Waals surface area contributed by atoms with Gasteiger partial charge in [0.2, 0.25) is 11.8 Å². The maximum absolute atomic E-state index is 11.4. The van der Waals surface area contributed by atoms with E-state index in [-0.39, 0.29) is 5.91 Å². The highest BCUT2D eigenvalue weighted by molar-refractivity contribution is 5.76. The van der Waals surface area contributed by atoms with Crippen molar-refractivity contribution in [3.8, 4) is 5.88 Å². The number of carbonyl (C=O) groups is 1. The minimum absolute atomic E-state index is 0.00874. The first-order chi connectivity index (χ1) is 9.69. The van der Waals surface area contributed by atoms with Crippen molar-refractivity contribution in [1.29, 1.82) is 0 Å². The molecule has 0 atom stereocenters. The van der Waals surface area contributed by atoms with Crippen LogP contribution in [0.1, 0.15) is 33.1 Å². The van der Waals surface area contributed by atoms with Crippen molar-refractivity contribution >= 4 is 17.4 Å². The summed E-state index contributed by atoms with van der Waals surface area (Å²) in [7, 11) is 0. The van der Waals surface area contributed by atoms with Crippen molar-refractivity contribution in [1.82, 2.24) is 15.3 Å². The average molecular weight is 281 g/mol. The van der Waals surface area contributed by atoms with Gasteiger partial charge in [0.25, 0.3) is 0 Å². The van der Waals surface area contributed by atoms with E-state index in [1.54, 1.807) is 0 Å². The Morgan fingerprint density at radius 1 is 1.30 bits per heavy atom. The normalized spacial score (nSPS) is 10.1. The quantitative estimate of drug-likeness (QED) is 0.628. The van der Waals surface area contributed by atoms with Crippen LogP contribution in [0.15, 0.2) is 6.33 Å². The predicted molar refractivity (Wildman–Crippen MR) is 78.6 cm³/mol. The molecule has 7 nitrogen and oxygen atoms in total. The maximum Gasteiger partial charge on any atom is 0.242 e. The van der Waals surface area contributed by atoms with Crippen molar-refractivity contribution in [3.05, 3.63) is 6.33 Å². The van der Waals surface area contributed by atoms with E-state index in [1.807, 2.05) is 13.8 Å². The van der Waals surface area contributed by atoms with Crippen LogP contribution in [0.25, 0.3) is 0 Å². The molecule has 0 fully saturated rings. The number of rotatable bonds is 9. The van der Waals surface area contributed by atoms with Crippen LogP contribution in [0, 0.1) is 0 Å². The van der Waals surface area contributed by atoms with Crippen LogP contribution in [0.5, 0.6) is 5.88 Å². The number of nitrogen functional groups attached to an aromatic ring is 1. The first-order valence-corrected chi connectivity index (χ1v) is 6.92. The summed E-state index contributed by atoms with van der Waals surface area (Å²) in [6.07, 6.45) is 3.56. The summed E-state index contributed by atoms with van der Waals surface area (Å²) in [5.74, 6) is 0.878. The van der Waals surface area contributed by atoms with Crippen LogP contribution in [0.2, 0.25) is 0 Å². The number of aromatic nitrogens is 2. The standard InChI is InChI=1S/C13H23N5O2/c1-3-6-15-10(19)5-7-16-12-11(14)13(18-9-17-12)20-8-4-2/h9H,3-8,14H2,1-2H3,(H,15,19)(H,16,17,18). The fraction of sp³-hybridized carbons (Fsp3) is 0.615. The summed E-state index contributed by atoms with van der Waals surface area (Å²) in [4.78, 5) is 19.5. The highest BCUT2D eigenvalue weighted by atomic mass is 16.5. The van der Waals surface area contributed by atoms with Gasteiger partial charge < -0.3 is 21.1 Å². The van der Waals surface area contributed by atoms with E-state index in [9.17, 15) is 4.79 Å². The smallest absolute Gasteiger partial charge is 0.242 e. The lowest BCUT2D eigenvalue weighted by Gasteiger charge is -2.11. The van der Waals surface area contributed by atoms with Crippen molar-refractivity contribution in [2.45, 2.75) is 33.1 Å². The molecule has 0 radical (unpaired) electrons. The predicted octanol–water partition coefficient (Wildman–Crippen LogP) is 1.18. The van der Waals surface area contributed by atoms with E-state index < -0.39 is 0 Å². The molecular weight excluding hydrogens is 258 g/mol. The first kappa shape index (κ1) is 16.0. The summed E-state index contributed by atoms with van der Waals surface area (Å²) in [6, 6.07) is 0. The summed E-state index contributed by atoms with van der Waals surface area (Å²) >= 11 is 0. The van der Waals surface area contributed by atoms with Crippen LogP contribution in [0.3, 0.4) is 0 Å². The minimum atomic E-state index is 0.00874. The van der Waals surface area contributed by atoms with E-state index in [2.05, 4.69) is 20.6 Å². The van der Waals surface area contributed by atoms with Gasteiger partial charge in [-0.25, -0.2) is 4.98 Å². The summed E-state index contributed by atoms with van der Waals surface area (Å²) in [6.45, 7) is 5.73. The van der Waals surface area contributed by atoms with Gasteiger partial charge in [-0.1, -0.05) is 13.8 Å². The Kier molecular flexibility index (Phi) is 7.16. The van der Waals surface area contributed by atoms with Gasteiger partial charge in [0.15, 0.2) is 5.82 Å². The molecule has 1 heterocycles. The molecule has 0 aliphatic carbocycles. The number of nitrogens with two attached hydrogens (primary N) is 1. The minimum Gasteiger partial charge on any atom is -0.476 e. The van der Waals surface area contributed by atoms with E-state index in [0.29, 0.717) is 43.5 Å². The molecular formula is C13H23N5O2. The van der Waals surface area contributed by atoms with Gasteiger partial charge >= 0.3 is 0 Å². The topological polar surface area (TPSA) is 102 Å². The maximum atomic E-state index is 11.4. The van der Waals surface area contributed by atoms with Gasteiger partial charge in [-0.15, -0.1) is 0 Å². The van der Waals surface area contributed by atoms with E-state index >= 15 is 0 Å². The Labute approximate surface area is 119 Å². The second-order valence-corrected chi connectivity index (χ2v) is 4.32. The summed E-state index contributed by atoms with van der Waals surface area (Å²) < 4.78 is 5.41. The summed E-state index contributed by atoms with van der Waals surface area (Å²) in [5.41, 5.74) is 6.28. The van der Waals surface area contributed by atoms with Crippen molar-refractivity contribution in [2.24, 2.45) is 0 Å². The molecule has 0 saturated heterocycles. The van der Waals surface area contributed by atoms with Gasteiger partial charge in [-0.2, -0.15) is 4.98 Å². The molecule has 0 aliphatic heterocycles. The zero-order valence-corrected chi connectivity index (χ0v) is 12.1. The molecule has 0 bridgehead atoms. The average Bonchev–Trinajstić information content (AvgIpc) is 2.45. The molecule has 0 aromatic carbocycles. The third-order valence-electron chi connectivity index (χ3n) is 2.51. The monoisotopic (exact) mass is 281 g/mol. The Morgan fingerprint density at radius 2 is 2.10 bits per heavy atom. The number of nitrogens with one attached hydrogen (secondary N) is 2. The molecule has 0 saturated carbocycles. The van der Waals surface area contributed by atoms with Crippen LogP contribution in [0.4, 0.5) is 11.5 Å². The molecule has 0 spiro atoms. The Morgan fingerprint density at radius 3 is 2.80 bits per heavy atom. The zero-order chi connectivity index (χ0) is 14.8. The number of ether oxygens (including phenoxy) is 1. The molecule has 1 aromatic heterocycles. The highest BCUT2D eigenvalue weighted by Crippen LogP contribution is 2.24. The fourth-order valence-electron chi connectivity index (χ4n) is 1.48. The Balaban J connectivity index is 2.45. The molecule has 0 aliphatic rings. The second kappa shape index (κ2) is 8.95. The lowest BCUT2D eigenvalue weighted by molar-refractivity contribution is -0.120. The van der Waals surface area contributed by atoms with Crippen molar-refractivity contribution < 1.29 is 9.53 Å². The van der Waals surface area contributed by atoms with E-state index in [4.69, 9.17) is 10.5 Å². The SMILES string of the molecule is CCCNC(=O)CCNc1ncnc(OCCC)c1N. The molecule has 7 heteroatoms. The molecule has 4 N–H and O–H groups in total. The van der Waals surface area contributed by atoms with Crippen LogP contribution < -0.4 is 21.1 Å². The summed E-state index contributed by atoms with van der Waals surface area (Å²) in [5, 5.41) is 5.83. The van der Waals surface area contributed by atoms with Crippen molar-refractivity contribution in [2.75, 3.05) is 30.7 Å². The number of carbonyl (C=O) groups excluding carboxylic acids is 1. The number of nitrogens with zero attached hydrogens (tertiary/aromatic N) is 2. The third kappa shape index (κ3) is 5.29. The third-order valence-corrected chi connectivity index (χ3v) is 2.51.